The molecule has 0 amide bonds. The van der Waals surface area contributed by atoms with Gasteiger partial charge >= 0.3 is 5.97 Å². The Kier molecular flexibility index (Phi) is 9.71. The van der Waals surface area contributed by atoms with E-state index in [0.29, 0.717) is 13.2 Å². The van der Waals surface area contributed by atoms with Crippen molar-refractivity contribution >= 4 is 5.97 Å². The van der Waals surface area contributed by atoms with Crippen LogP contribution < -0.4 is 5.32 Å². The molecule has 0 aliphatic rings. The van der Waals surface area contributed by atoms with Gasteiger partial charge in [0, 0.05) is 19.3 Å². The molecule has 2 atom stereocenters. The second-order valence-electron chi connectivity index (χ2n) is 5.89. The molecule has 0 radical (unpaired) electrons. The van der Waals surface area contributed by atoms with Crippen LogP contribution in [-0.4, -0.2) is 37.6 Å². The third-order valence-electron chi connectivity index (χ3n) is 4.06. The van der Waals surface area contributed by atoms with Crippen molar-refractivity contribution in [2.24, 2.45) is 0 Å². The van der Waals surface area contributed by atoms with Crippen molar-refractivity contribution < 1.29 is 19.0 Å². The summed E-state index contributed by atoms with van der Waals surface area (Å²) in [5.41, 5.74) is 1.15. The average molecular weight is 351 g/mol. The quantitative estimate of drug-likeness (QED) is 0.458. The van der Waals surface area contributed by atoms with Crippen molar-refractivity contribution in [3.05, 3.63) is 35.9 Å². The summed E-state index contributed by atoms with van der Waals surface area (Å²) in [6.45, 7) is 10.7. The molecule has 0 aromatic heterocycles. The predicted octanol–water partition coefficient (Wildman–Crippen LogP) is 3.84. The topological polar surface area (TPSA) is 56.8 Å². The number of benzene rings is 1. The summed E-state index contributed by atoms with van der Waals surface area (Å²) < 4.78 is 17.1. The summed E-state index contributed by atoms with van der Waals surface area (Å²) in [5, 5.41) is 3.53. The zero-order valence-electron chi connectivity index (χ0n) is 16.2. The van der Waals surface area contributed by atoms with E-state index in [1.807, 2.05) is 32.0 Å². The van der Waals surface area contributed by atoms with Crippen LogP contribution >= 0.6 is 0 Å². The Hall–Kier alpha value is -1.43. The zero-order valence-corrected chi connectivity index (χ0v) is 16.2. The largest absolute Gasteiger partial charge is 0.462 e. The highest BCUT2D eigenvalue weighted by Crippen LogP contribution is 2.27. The molecule has 0 aliphatic carbocycles. The maximum atomic E-state index is 12.8. The molecule has 0 unspecified atom stereocenters. The minimum atomic E-state index is -1.43. The number of hydrogen-bond donors (Lipinski definition) is 1. The van der Waals surface area contributed by atoms with Gasteiger partial charge in [0.25, 0.3) is 5.79 Å². The molecule has 0 bridgehead atoms. The van der Waals surface area contributed by atoms with Crippen molar-refractivity contribution in [2.45, 2.75) is 65.3 Å². The number of carbonyl (C=O) groups excluding carboxylic acids is 1. The number of rotatable bonds is 12. The first kappa shape index (κ1) is 21.6. The Morgan fingerprint density at radius 3 is 2.12 bits per heavy atom. The molecule has 0 aliphatic heterocycles. The molecule has 0 saturated carbocycles. The van der Waals surface area contributed by atoms with Gasteiger partial charge in [0.05, 0.1) is 12.6 Å². The monoisotopic (exact) mass is 351 g/mol. The van der Waals surface area contributed by atoms with Crippen LogP contribution in [0.1, 0.15) is 59.1 Å². The lowest BCUT2D eigenvalue weighted by Crippen LogP contribution is -2.60. The van der Waals surface area contributed by atoms with Gasteiger partial charge in [-0.05, 0) is 39.7 Å². The van der Waals surface area contributed by atoms with E-state index in [2.05, 4.69) is 31.3 Å². The number of hydrogen-bond acceptors (Lipinski definition) is 5. The van der Waals surface area contributed by atoms with Crippen LogP contribution in [0, 0.1) is 0 Å². The van der Waals surface area contributed by atoms with Crippen LogP contribution in [0.15, 0.2) is 30.3 Å². The molecule has 1 rings (SSSR count). The van der Waals surface area contributed by atoms with Crippen molar-refractivity contribution in [2.75, 3.05) is 19.8 Å². The molecule has 5 nitrogen and oxygen atoms in total. The van der Waals surface area contributed by atoms with Crippen LogP contribution in [0.4, 0.5) is 0 Å². The minimum Gasteiger partial charge on any atom is -0.462 e. The van der Waals surface area contributed by atoms with Gasteiger partial charge in [0.15, 0.2) is 0 Å². The van der Waals surface area contributed by atoms with Gasteiger partial charge < -0.3 is 19.5 Å². The van der Waals surface area contributed by atoms with Gasteiger partial charge in [0.2, 0.25) is 0 Å². The normalized spacial score (nSPS) is 14.1. The number of ether oxygens (including phenoxy) is 3. The van der Waals surface area contributed by atoms with E-state index in [1.54, 1.807) is 6.92 Å². The molecule has 0 saturated heterocycles. The smallest absolute Gasteiger partial charge is 0.368 e. The second-order valence-corrected chi connectivity index (χ2v) is 5.89. The van der Waals surface area contributed by atoms with E-state index < -0.39 is 11.8 Å². The number of carbonyl (C=O) groups is 1. The van der Waals surface area contributed by atoms with E-state index >= 15 is 0 Å². The summed E-state index contributed by atoms with van der Waals surface area (Å²) in [4.78, 5) is 12.8. The molecular weight excluding hydrogens is 318 g/mol. The first-order valence-corrected chi connectivity index (χ1v) is 9.31. The fourth-order valence-corrected chi connectivity index (χ4v) is 2.97. The summed E-state index contributed by atoms with van der Waals surface area (Å²) in [6, 6.07) is 9.86. The van der Waals surface area contributed by atoms with Gasteiger partial charge in [-0.25, -0.2) is 4.79 Å². The van der Waals surface area contributed by atoms with Gasteiger partial charge in [-0.15, -0.1) is 0 Å². The molecule has 1 aromatic carbocycles. The zero-order chi connectivity index (χ0) is 18.7. The highest BCUT2D eigenvalue weighted by atomic mass is 16.7. The average Bonchev–Trinajstić information content (AvgIpc) is 2.62. The Morgan fingerprint density at radius 1 is 1.04 bits per heavy atom. The first-order chi connectivity index (χ1) is 12.1. The van der Waals surface area contributed by atoms with Crippen molar-refractivity contribution in [3.8, 4) is 0 Å². The Morgan fingerprint density at radius 2 is 1.64 bits per heavy atom. The highest BCUT2D eigenvalue weighted by Gasteiger charge is 2.49. The van der Waals surface area contributed by atoms with Crippen molar-refractivity contribution in [1.82, 2.24) is 5.32 Å². The van der Waals surface area contributed by atoms with E-state index in [-0.39, 0.29) is 18.7 Å². The Balaban J connectivity index is 3.14. The Bertz CT molecular complexity index is 486. The van der Waals surface area contributed by atoms with Crippen molar-refractivity contribution in [3.63, 3.8) is 0 Å². The van der Waals surface area contributed by atoms with E-state index in [0.717, 1.165) is 18.4 Å². The maximum absolute atomic E-state index is 12.8. The molecule has 1 aromatic rings. The molecule has 25 heavy (non-hydrogen) atoms. The highest BCUT2D eigenvalue weighted by molar-refractivity contribution is 5.79. The summed E-state index contributed by atoms with van der Waals surface area (Å²) in [7, 11) is 0. The van der Waals surface area contributed by atoms with E-state index in [1.165, 1.54) is 0 Å². The fourth-order valence-electron chi connectivity index (χ4n) is 2.97. The summed E-state index contributed by atoms with van der Waals surface area (Å²) in [5.74, 6) is -1.90. The molecule has 0 fully saturated rings. The third kappa shape index (κ3) is 5.80. The van der Waals surface area contributed by atoms with Crippen molar-refractivity contribution in [1.29, 1.82) is 0 Å². The molecule has 0 spiro atoms. The SMILES string of the molecule is CCC[C@H](N[C@@H](C)c1ccccc1)C(OCC)(OCC)C(=O)OCC. The van der Waals surface area contributed by atoms with Crippen LogP contribution in [0.25, 0.3) is 0 Å². The molecule has 0 heterocycles. The Labute approximate surface area is 152 Å². The molecule has 5 heteroatoms. The maximum Gasteiger partial charge on any atom is 0.368 e. The third-order valence-corrected chi connectivity index (χ3v) is 4.06. The summed E-state index contributed by atoms with van der Waals surface area (Å²) in [6.07, 6.45) is 1.62. The van der Waals surface area contributed by atoms with Crippen LogP contribution in [0.2, 0.25) is 0 Å². The number of nitrogens with one attached hydrogen (secondary N) is 1. The number of esters is 1. The minimum absolute atomic E-state index is 0.0486. The van der Waals surface area contributed by atoms with Crippen LogP contribution in [0.5, 0.6) is 0 Å². The summed E-state index contributed by atoms with van der Waals surface area (Å²) >= 11 is 0. The van der Waals surface area contributed by atoms with Crippen LogP contribution in [0.3, 0.4) is 0 Å². The predicted molar refractivity (Wildman–Crippen MR) is 99.3 cm³/mol. The second kappa shape index (κ2) is 11.2. The molecule has 1 N–H and O–H groups in total. The van der Waals surface area contributed by atoms with Crippen LogP contribution in [-0.2, 0) is 19.0 Å². The molecular formula is C20H33NO4. The fraction of sp³-hybridized carbons (Fsp3) is 0.650. The van der Waals surface area contributed by atoms with Gasteiger partial charge in [-0.2, -0.15) is 0 Å². The lowest BCUT2D eigenvalue weighted by molar-refractivity contribution is -0.258. The lowest BCUT2D eigenvalue weighted by atomic mass is 9.98. The van der Waals surface area contributed by atoms with Gasteiger partial charge in [0.1, 0.15) is 0 Å². The first-order valence-electron chi connectivity index (χ1n) is 9.31. The lowest BCUT2D eigenvalue weighted by Gasteiger charge is -2.39. The molecule has 142 valence electrons. The van der Waals surface area contributed by atoms with E-state index in [9.17, 15) is 4.79 Å². The van der Waals surface area contributed by atoms with E-state index in [4.69, 9.17) is 14.2 Å². The standard InChI is InChI=1S/C20H33NO4/c1-6-13-18(21-16(5)17-14-11-10-12-15-17)20(24-8-3,25-9-4)19(22)23-7-2/h10-12,14-16,18,21H,6-9,13H2,1-5H3/t16-,18-/m0/s1. The van der Waals surface area contributed by atoms with Gasteiger partial charge in [-0.3, -0.25) is 0 Å². The van der Waals surface area contributed by atoms with Gasteiger partial charge in [-0.1, -0.05) is 43.7 Å².